The van der Waals surface area contributed by atoms with Gasteiger partial charge in [-0.15, -0.1) is 12.4 Å². The number of benzene rings is 2. The summed E-state index contributed by atoms with van der Waals surface area (Å²) in [4.78, 5) is 23.5. The number of carbonyl (C=O) groups excluding carboxylic acids is 2. The fourth-order valence-corrected chi connectivity index (χ4v) is 3.51. The molecule has 1 fully saturated rings. The van der Waals surface area contributed by atoms with Gasteiger partial charge in [0, 0.05) is 5.56 Å². The number of amides is 1. The summed E-state index contributed by atoms with van der Waals surface area (Å²) in [7, 11) is 1.31. The summed E-state index contributed by atoms with van der Waals surface area (Å²) in [5.41, 5.74) is 8.09. The van der Waals surface area contributed by atoms with Gasteiger partial charge in [-0.3, -0.25) is 15.0 Å². The van der Waals surface area contributed by atoms with E-state index in [1.807, 2.05) is 37.3 Å². The summed E-state index contributed by atoms with van der Waals surface area (Å²) in [5.74, 6) is 0.259. The Morgan fingerprint density at radius 3 is 2.44 bits per heavy atom. The number of methoxy groups -OCH3 is 1. The van der Waals surface area contributed by atoms with Crippen LogP contribution in [0.2, 0.25) is 0 Å². The number of ether oxygens (including phenoxy) is 3. The first kappa shape index (κ1) is 25.0. The Bertz CT molecular complexity index is 965. The third kappa shape index (κ3) is 6.13. The lowest BCUT2D eigenvalue weighted by Gasteiger charge is -2.16. The molecule has 8 nitrogen and oxygen atoms in total. The molecule has 1 saturated heterocycles. The standard InChI is InChI=1S/C23H27N3O5.ClH/c1-3-30-20-11-16(14-4-6-15(7-5-14)22(24)25)8-9-19(20)31-13-18-10-17(23(28)26-18)12-21(27)29-2;/h4-9,11,17-18H,3,10,12-13H2,1-2H3,(H3,24,25)(H,26,28);1H/t17-,18-;/m0./s1. The lowest BCUT2D eigenvalue weighted by Crippen LogP contribution is -2.31. The number of hydrogen-bond donors (Lipinski definition) is 3. The van der Waals surface area contributed by atoms with Crippen molar-refractivity contribution in [3.8, 4) is 22.6 Å². The molecular weight excluding hydrogens is 434 g/mol. The second-order valence-corrected chi connectivity index (χ2v) is 7.31. The molecule has 0 aromatic heterocycles. The summed E-state index contributed by atoms with van der Waals surface area (Å²) >= 11 is 0. The average molecular weight is 462 g/mol. The number of nitrogens with two attached hydrogens (primary N) is 1. The first-order valence-electron chi connectivity index (χ1n) is 10.1. The van der Waals surface area contributed by atoms with E-state index in [1.165, 1.54) is 7.11 Å². The Kier molecular flexibility index (Phi) is 8.90. The molecule has 0 unspecified atom stereocenters. The highest BCUT2D eigenvalue weighted by Gasteiger charge is 2.34. The zero-order valence-electron chi connectivity index (χ0n) is 18.1. The van der Waals surface area contributed by atoms with Crippen molar-refractivity contribution in [1.82, 2.24) is 5.32 Å². The fraction of sp³-hybridized carbons (Fsp3) is 0.348. The van der Waals surface area contributed by atoms with E-state index in [1.54, 1.807) is 12.1 Å². The molecule has 172 valence electrons. The van der Waals surface area contributed by atoms with Gasteiger partial charge >= 0.3 is 5.97 Å². The number of nitrogen functional groups attached to an aromatic ring is 1. The molecule has 0 radical (unpaired) electrons. The van der Waals surface area contributed by atoms with Crippen LogP contribution in [0.25, 0.3) is 11.1 Å². The minimum absolute atomic E-state index is 0. The molecule has 4 N–H and O–H groups in total. The highest BCUT2D eigenvalue weighted by molar-refractivity contribution is 5.95. The van der Waals surface area contributed by atoms with Crippen molar-refractivity contribution in [3.05, 3.63) is 48.0 Å². The Hall–Kier alpha value is -3.26. The van der Waals surface area contributed by atoms with Crippen LogP contribution in [0.1, 0.15) is 25.3 Å². The van der Waals surface area contributed by atoms with Crippen LogP contribution in [0.5, 0.6) is 11.5 Å². The summed E-state index contributed by atoms with van der Waals surface area (Å²) in [6.07, 6.45) is 0.582. The van der Waals surface area contributed by atoms with Gasteiger partial charge in [0.2, 0.25) is 5.91 Å². The number of hydrogen-bond acceptors (Lipinski definition) is 6. The van der Waals surface area contributed by atoms with Gasteiger partial charge in [-0.05, 0) is 36.6 Å². The third-order valence-corrected chi connectivity index (χ3v) is 5.14. The maximum absolute atomic E-state index is 12.1. The number of carbonyl (C=O) groups is 2. The molecule has 1 amide bonds. The topological polar surface area (TPSA) is 124 Å². The van der Waals surface area contributed by atoms with Gasteiger partial charge in [-0.2, -0.15) is 0 Å². The van der Waals surface area contributed by atoms with Crippen molar-refractivity contribution in [2.24, 2.45) is 11.7 Å². The summed E-state index contributed by atoms with van der Waals surface area (Å²) in [6.45, 7) is 2.65. The molecule has 32 heavy (non-hydrogen) atoms. The lowest BCUT2D eigenvalue weighted by atomic mass is 10.0. The fourth-order valence-electron chi connectivity index (χ4n) is 3.51. The molecule has 0 spiro atoms. The van der Waals surface area contributed by atoms with E-state index in [2.05, 4.69) is 10.1 Å². The molecule has 9 heteroatoms. The normalized spacial score (nSPS) is 17.1. The summed E-state index contributed by atoms with van der Waals surface area (Å²) in [5, 5.41) is 10.4. The van der Waals surface area contributed by atoms with Crippen LogP contribution in [0.15, 0.2) is 42.5 Å². The molecule has 2 atom stereocenters. The molecular formula is C23H28ClN3O5. The van der Waals surface area contributed by atoms with Crippen molar-refractivity contribution in [3.63, 3.8) is 0 Å². The van der Waals surface area contributed by atoms with E-state index in [-0.39, 0.29) is 43.2 Å². The third-order valence-electron chi connectivity index (χ3n) is 5.14. The smallest absolute Gasteiger partial charge is 0.306 e. The maximum atomic E-state index is 12.1. The highest BCUT2D eigenvalue weighted by atomic mass is 35.5. The van der Waals surface area contributed by atoms with E-state index >= 15 is 0 Å². The van der Waals surface area contributed by atoms with Crippen LogP contribution in [0.3, 0.4) is 0 Å². The quantitative estimate of drug-likeness (QED) is 0.299. The number of halogens is 1. The number of rotatable bonds is 9. The zero-order chi connectivity index (χ0) is 22.4. The van der Waals surface area contributed by atoms with Crippen molar-refractivity contribution >= 4 is 30.1 Å². The molecule has 0 aliphatic carbocycles. The second kappa shape index (κ2) is 11.4. The average Bonchev–Trinajstić information content (AvgIpc) is 3.12. The highest BCUT2D eigenvalue weighted by Crippen LogP contribution is 2.33. The summed E-state index contributed by atoms with van der Waals surface area (Å²) in [6, 6.07) is 12.9. The van der Waals surface area contributed by atoms with Crippen LogP contribution in [0, 0.1) is 11.3 Å². The molecule has 1 aliphatic heterocycles. The van der Waals surface area contributed by atoms with Gasteiger partial charge in [-0.1, -0.05) is 30.3 Å². The van der Waals surface area contributed by atoms with E-state index in [4.69, 9.17) is 20.6 Å². The summed E-state index contributed by atoms with van der Waals surface area (Å²) < 4.78 is 16.4. The maximum Gasteiger partial charge on any atom is 0.306 e. The first-order valence-corrected chi connectivity index (χ1v) is 10.1. The Labute approximate surface area is 193 Å². The largest absolute Gasteiger partial charge is 0.490 e. The monoisotopic (exact) mass is 461 g/mol. The van der Waals surface area contributed by atoms with Crippen LogP contribution < -0.4 is 20.5 Å². The van der Waals surface area contributed by atoms with Crippen LogP contribution >= 0.6 is 12.4 Å². The van der Waals surface area contributed by atoms with Gasteiger partial charge in [0.25, 0.3) is 0 Å². The van der Waals surface area contributed by atoms with E-state index < -0.39 is 11.9 Å². The minimum atomic E-state index is -0.396. The van der Waals surface area contributed by atoms with Crippen LogP contribution in [-0.4, -0.2) is 44.1 Å². The molecule has 0 bridgehead atoms. The van der Waals surface area contributed by atoms with Crippen molar-refractivity contribution < 1.29 is 23.8 Å². The van der Waals surface area contributed by atoms with E-state index in [9.17, 15) is 9.59 Å². The Balaban J connectivity index is 0.00000363. The molecule has 2 aromatic carbocycles. The minimum Gasteiger partial charge on any atom is -0.490 e. The van der Waals surface area contributed by atoms with Gasteiger partial charge in [0.05, 0.1) is 32.1 Å². The zero-order valence-corrected chi connectivity index (χ0v) is 18.9. The molecule has 1 heterocycles. The van der Waals surface area contributed by atoms with Crippen LogP contribution in [-0.2, 0) is 14.3 Å². The van der Waals surface area contributed by atoms with Gasteiger partial charge in [0.1, 0.15) is 12.4 Å². The SMILES string of the molecule is CCOc1cc(-c2ccc(C(=N)N)cc2)ccc1OC[C@@H]1C[C@@H](CC(=O)OC)C(=O)N1.Cl. The Morgan fingerprint density at radius 1 is 1.12 bits per heavy atom. The molecule has 0 saturated carbocycles. The van der Waals surface area contributed by atoms with Crippen molar-refractivity contribution in [2.45, 2.75) is 25.8 Å². The predicted molar refractivity (Wildman–Crippen MR) is 123 cm³/mol. The van der Waals surface area contributed by atoms with Crippen molar-refractivity contribution in [1.29, 1.82) is 5.41 Å². The van der Waals surface area contributed by atoms with Gasteiger partial charge in [0.15, 0.2) is 11.5 Å². The number of esters is 1. The van der Waals surface area contributed by atoms with Crippen molar-refractivity contribution in [2.75, 3.05) is 20.3 Å². The predicted octanol–water partition coefficient (Wildman–Crippen LogP) is 2.90. The van der Waals surface area contributed by atoms with Gasteiger partial charge in [-0.25, -0.2) is 0 Å². The Morgan fingerprint density at radius 2 is 1.81 bits per heavy atom. The number of amidine groups is 1. The van der Waals surface area contributed by atoms with E-state index in [0.29, 0.717) is 30.1 Å². The van der Waals surface area contributed by atoms with Gasteiger partial charge < -0.3 is 25.3 Å². The number of nitrogens with one attached hydrogen (secondary N) is 2. The molecule has 2 aromatic rings. The van der Waals surface area contributed by atoms with E-state index in [0.717, 1.165) is 11.1 Å². The second-order valence-electron chi connectivity index (χ2n) is 7.31. The first-order chi connectivity index (χ1) is 14.9. The molecule has 3 rings (SSSR count). The van der Waals surface area contributed by atoms with Crippen LogP contribution in [0.4, 0.5) is 0 Å². The molecule has 1 aliphatic rings. The lowest BCUT2D eigenvalue weighted by molar-refractivity contribution is -0.143.